The zero-order valence-corrected chi connectivity index (χ0v) is 13.8. The average molecular weight is 323 g/mol. The Morgan fingerprint density at radius 3 is 2.77 bits per heavy atom. The quantitative estimate of drug-likeness (QED) is 0.795. The summed E-state index contributed by atoms with van der Waals surface area (Å²) in [5, 5.41) is 16.5. The third-order valence-electron chi connectivity index (χ3n) is 4.55. The largest absolute Gasteiger partial charge is 0.393 e. The number of fused-ring (bicyclic) bond motifs is 1. The van der Waals surface area contributed by atoms with Gasteiger partial charge in [0.1, 0.15) is 0 Å². The number of amides is 2. The van der Waals surface area contributed by atoms with Gasteiger partial charge in [-0.3, -0.25) is 0 Å². The number of aromatic nitrogens is 1. The van der Waals surface area contributed by atoms with Crippen molar-refractivity contribution >= 4 is 17.4 Å². The average Bonchev–Trinajstić information content (AvgIpc) is 2.92. The van der Waals surface area contributed by atoms with Crippen molar-refractivity contribution in [3.63, 3.8) is 0 Å². The van der Waals surface area contributed by atoms with E-state index in [1.165, 1.54) is 29.8 Å². The van der Waals surface area contributed by atoms with Crippen LogP contribution in [-0.4, -0.2) is 34.8 Å². The summed E-state index contributed by atoms with van der Waals surface area (Å²) in [5.41, 5.74) is 1.29. The second kappa shape index (κ2) is 7.42. The van der Waals surface area contributed by atoms with Gasteiger partial charge in [0.05, 0.1) is 16.8 Å². The summed E-state index contributed by atoms with van der Waals surface area (Å²) in [6.07, 6.45) is 8.78. The summed E-state index contributed by atoms with van der Waals surface area (Å²) in [6.45, 7) is 0.633. The second-order valence-electron chi connectivity index (χ2n) is 6.34. The van der Waals surface area contributed by atoms with Crippen molar-refractivity contribution in [1.82, 2.24) is 15.6 Å². The molecule has 0 radical (unpaired) electrons. The number of aryl methyl sites for hydroxylation is 2. The Morgan fingerprint density at radius 1 is 1.23 bits per heavy atom. The number of nitrogens with zero attached hydrogens (tertiary/aromatic N) is 1. The highest BCUT2D eigenvalue weighted by molar-refractivity contribution is 7.11. The molecule has 1 aromatic rings. The molecule has 122 valence electrons. The minimum atomic E-state index is -0.183. The lowest BCUT2D eigenvalue weighted by molar-refractivity contribution is 0.117. The van der Waals surface area contributed by atoms with E-state index in [4.69, 9.17) is 4.98 Å². The van der Waals surface area contributed by atoms with E-state index < -0.39 is 0 Å². The molecule has 1 heterocycles. The third-order valence-corrected chi connectivity index (χ3v) is 5.76. The lowest BCUT2D eigenvalue weighted by Gasteiger charge is -2.26. The van der Waals surface area contributed by atoms with Gasteiger partial charge < -0.3 is 15.7 Å². The predicted octanol–water partition coefficient (Wildman–Crippen LogP) is 2.17. The summed E-state index contributed by atoms with van der Waals surface area (Å²) in [5.74, 6) is 0. The number of hydrogen-bond donors (Lipinski definition) is 3. The molecule has 0 aromatic carbocycles. The molecule has 0 spiro atoms. The number of carbonyl (C=O) groups excluding carboxylic acids is 1. The molecule has 1 fully saturated rings. The molecule has 0 aliphatic heterocycles. The van der Waals surface area contributed by atoms with Crippen LogP contribution in [-0.2, 0) is 19.3 Å². The molecule has 3 rings (SSSR count). The monoisotopic (exact) mass is 323 g/mol. The SMILES string of the molecule is O=C(NCCc1nc2c(s1)CCCC2)NC1CCC(O)CC1. The summed E-state index contributed by atoms with van der Waals surface area (Å²) in [7, 11) is 0. The van der Waals surface area contributed by atoms with Gasteiger partial charge in [0.2, 0.25) is 0 Å². The molecule has 22 heavy (non-hydrogen) atoms. The summed E-state index contributed by atoms with van der Waals surface area (Å²) < 4.78 is 0. The van der Waals surface area contributed by atoms with Crippen LogP contribution in [0.15, 0.2) is 0 Å². The zero-order valence-electron chi connectivity index (χ0n) is 12.9. The first-order valence-electron chi connectivity index (χ1n) is 8.40. The molecule has 3 N–H and O–H groups in total. The van der Waals surface area contributed by atoms with Crippen LogP contribution in [0.2, 0.25) is 0 Å². The van der Waals surface area contributed by atoms with Gasteiger partial charge in [-0.25, -0.2) is 9.78 Å². The number of aliphatic hydroxyl groups excluding tert-OH is 1. The number of urea groups is 1. The maximum atomic E-state index is 11.9. The van der Waals surface area contributed by atoms with Crippen LogP contribution in [0.5, 0.6) is 0 Å². The maximum absolute atomic E-state index is 11.9. The van der Waals surface area contributed by atoms with Crippen molar-refractivity contribution in [3.05, 3.63) is 15.6 Å². The van der Waals surface area contributed by atoms with Gasteiger partial charge in [-0.2, -0.15) is 0 Å². The Kier molecular flexibility index (Phi) is 5.31. The highest BCUT2D eigenvalue weighted by atomic mass is 32.1. The van der Waals surface area contributed by atoms with Gasteiger partial charge in [0, 0.05) is 23.9 Å². The van der Waals surface area contributed by atoms with Crippen LogP contribution in [0.4, 0.5) is 4.79 Å². The van der Waals surface area contributed by atoms with E-state index in [1.807, 2.05) is 11.3 Å². The van der Waals surface area contributed by atoms with Gasteiger partial charge >= 0.3 is 6.03 Å². The summed E-state index contributed by atoms with van der Waals surface area (Å²) in [4.78, 5) is 18.0. The molecule has 0 atom stereocenters. The molecule has 2 aliphatic carbocycles. The topological polar surface area (TPSA) is 74.2 Å². The van der Waals surface area contributed by atoms with Crippen LogP contribution >= 0.6 is 11.3 Å². The number of hydrogen-bond acceptors (Lipinski definition) is 4. The number of rotatable bonds is 4. The minimum Gasteiger partial charge on any atom is -0.393 e. The molecule has 0 saturated heterocycles. The van der Waals surface area contributed by atoms with Crippen LogP contribution in [0.1, 0.15) is 54.1 Å². The van der Waals surface area contributed by atoms with Crippen molar-refractivity contribution in [2.24, 2.45) is 0 Å². The number of thiazole rings is 1. The fourth-order valence-corrected chi connectivity index (χ4v) is 4.41. The van der Waals surface area contributed by atoms with Crippen molar-refractivity contribution in [1.29, 1.82) is 0 Å². The third kappa shape index (κ3) is 4.20. The first kappa shape index (κ1) is 15.7. The minimum absolute atomic E-state index is 0.0947. The van der Waals surface area contributed by atoms with E-state index in [0.717, 1.165) is 43.5 Å². The van der Waals surface area contributed by atoms with Crippen LogP contribution < -0.4 is 10.6 Å². The zero-order chi connectivity index (χ0) is 15.4. The molecule has 1 aromatic heterocycles. The van der Waals surface area contributed by atoms with E-state index in [-0.39, 0.29) is 18.2 Å². The van der Waals surface area contributed by atoms with Crippen molar-refractivity contribution in [2.45, 2.75) is 69.9 Å². The van der Waals surface area contributed by atoms with Crippen LogP contribution in [0, 0.1) is 0 Å². The lowest BCUT2D eigenvalue weighted by Crippen LogP contribution is -2.44. The Hall–Kier alpha value is -1.14. The molecular formula is C16H25N3O2S. The number of aliphatic hydroxyl groups is 1. The highest BCUT2D eigenvalue weighted by Crippen LogP contribution is 2.26. The molecule has 0 bridgehead atoms. The fourth-order valence-electron chi connectivity index (χ4n) is 3.25. The number of nitrogens with one attached hydrogen (secondary N) is 2. The van der Waals surface area contributed by atoms with Gasteiger partial charge in [-0.1, -0.05) is 0 Å². The standard InChI is InChI=1S/C16H25N3O2S/c20-12-7-5-11(6-8-12)18-16(21)17-10-9-15-19-13-3-1-2-4-14(13)22-15/h11-12,20H,1-10H2,(H2,17,18,21). The van der Waals surface area contributed by atoms with Gasteiger partial charge in [0.25, 0.3) is 0 Å². The lowest BCUT2D eigenvalue weighted by atomic mass is 9.93. The molecule has 2 aliphatic rings. The Balaban J connectivity index is 1.37. The van der Waals surface area contributed by atoms with E-state index in [0.29, 0.717) is 6.54 Å². The maximum Gasteiger partial charge on any atom is 0.315 e. The predicted molar refractivity (Wildman–Crippen MR) is 87.3 cm³/mol. The summed E-state index contributed by atoms with van der Waals surface area (Å²) >= 11 is 1.81. The van der Waals surface area contributed by atoms with E-state index >= 15 is 0 Å². The van der Waals surface area contributed by atoms with E-state index in [1.54, 1.807) is 0 Å². The molecule has 5 nitrogen and oxygen atoms in total. The number of carbonyl (C=O) groups is 1. The molecule has 2 amide bonds. The summed E-state index contributed by atoms with van der Waals surface area (Å²) in [6, 6.07) is 0.110. The second-order valence-corrected chi connectivity index (χ2v) is 7.51. The van der Waals surface area contributed by atoms with E-state index in [2.05, 4.69) is 10.6 Å². The molecular weight excluding hydrogens is 298 g/mol. The normalized spacial score (nSPS) is 24.6. The van der Waals surface area contributed by atoms with Gasteiger partial charge in [0.15, 0.2) is 0 Å². The smallest absolute Gasteiger partial charge is 0.315 e. The first-order chi connectivity index (χ1) is 10.7. The first-order valence-corrected chi connectivity index (χ1v) is 9.22. The van der Waals surface area contributed by atoms with Crippen molar-refractivity contribution in [2.75, 3.05) is 6.54 Å². The van der Waals surface area contributed by atoms with E-state index in [9.17, 15) is 9.90 Å². The Bertz CT molecular complexity index is 486. The van der Waals surface area contributed by atoms with Crippen LogP contribution in [0.25, 0.3) is 0 Å². The fraction of sp³-hybridized carbons (Fsp3) is 0.750. The van der Waals surface area contributed by atoms with Crippen molar-refractivity contribution < 1.29 is 9.90 Å². The highest BCUT2D eigenvalue weighted by Gasteiger charge is 2.20. The van der Waals surface area contributed by atoms with Gasteiger partial charge in [-0.05, 0) is 51.4 Å². The molecule has 1 saturated carbocycles. The van der Waals surface area contributed by atoms with Gasteiger partial charge in [-0.15, -0.1) is 11.3 Å². The molecule has 0 unspecified atom stereocenters. The van der Waals surface area contributed by atoms with Crippen LogP contribution in [0.3, 0.4) is 0 Å². The Morgan fingerprint density at radius 2 is 2.00 bits per heavy atom. The Labute approximate surface area is 135 Å². The molecule has 6 heteroatoms. The van der Waals surface area contributed by atoms with Crippen molar-refractivity contribution in [3.8, 4) is 0 Å².